The van der Waals surface area contributed by atoms with Gasteiger partial charge in [-0.15, -0.1) is 0 Å². The van der Waals surface area contributed by atoms with Crippen LogP contribution in [0, 0.1) is 0 Å². The summed E-state index contributed by atoms with van der Waals surface area (Å²) in [5.74, 6) is 1.78. The third-order valence-electron chi connectivity index (χ3n) is 3.13. The molecule has 0 saturated carbocycles. The van der Waals surface area contributed by atoms with Crippen molar-refractivity contribution in [3.63, 3.8) is 0 Å². The van der Waals surface area contributed by atoms with Gasteiger partial charge in [0, 0.05) is 27.5 Å². The summed E-state index contributed by atoms with van der Waals surface area (Å²) in [4.78, 5) is 4.30. The second kappa shape index (κ2) is 5.61. The van der Waals surface area contributed by atoms with E-state index in [0.717, 1.165) is 15.2 Å². The number of nitrogens with zero attached hydrogens (tertiary/aromatic N) is 1. The molecule has 0 aliphatic heterocycles. The Balaban J connectivity index is 2.02. The number of fused-ring (bicyclic) bond motifs is 1. The van der Waals surface area contributed by atoms with Crippen molar-refractivity contribution in [2.75, 3.05) is 12.8 Å². The minimum absolute atomic E-state index is 0.524. The number of nitrogens with two attached hydrogens (primary N) is 1. The average molecular weight is 345 g/mol. The summed E-state index contributed by atoms with van der Waals surface area (Å²) in [5.41, 5.74) is 6.41. The molecule has 0 atom stereocenters. The smallest absolute Gasteiger partial charge is 0.227 e. The van der Waals surface area contributed by atoms with Crippen LogP contribution in [0.15, 0.2) is 53.1 Å². The first-order valence-electron chi connectivity index (χ1n) is 6.33. The van der Waals surface area contributed by atoms with E-state index in [1.54, 1.807) is 31.5 Å². The van der Waals surface area contributed by atoms with Crippen LogP contribution < -0.4 is 15.2 Å². The van der Waals surface area contributed by atoms with E-state index < -0.39 is 0 Å². The second-order valence-corrected chi connectivity index (χ2v) is 5.31. The lowest BCUT2D eigenvalue weighted by molar-refractivity contribution is 0.415. The molecule has 0 fully saturated rings. The van der Waals surface area contributed by atoms with Crippen LogP contribution in [-0.2, 0) is 0 Å². The number of benzene rings is 2. The molecule has 0 spiro atoms. The van der Waals surface area contributed by atoms with Crippen molar-refractivity contribution in [1.29, 1.82) is 0 Å². The van der Waals surface area contributed by atoms with Gasteiger partial charge in [0.05, 0.1) is 12.8 Å². The van der Waals surface area contributed by atoms with Crippen molar-refractivity contribution in [2.24, 2.45) is 0 Å². The normalized spacial score (nSPS) is 10.6. The lowest BCUT2D eigenvalue weighted by Crippen LogP contribution is -1.94. The molecule has 0 amide bonds. The highest BCUT2D eigenvalue weighted by atomic mass is 79.9. The van der Waals surface area contributed by atoms with Crippen LogP contribution in [0.5, 0.6) is 17.4 Å². The molecule has 1 heterocycles. The van der Waals surface area contributed by atoms with Crippen molar-refractivity contribution >= 4 is 32.4 Å². The van der Waals surface area contributed by atoms with Gasteiger partial charge in [0.2, 0.25) is 5.88 Å². The molecule has 4 nitrogen and oxygen atoms in total. The van der Waals surface area contributed by atoms with Crippen LogP contribution in [0.3, 0.4) is 0 Å². The quantitative estimate of drug-likeness (QED) is 0.716. The van der Waals surface area contributed by atoms with Gasteiger partial charge >= 0.3 is 0 Å². The number of halogens is 1. The maximum atomic E-state index is 5.89. The summed E-state index contributed by atoms with van der Waals surface area (Å²) in [6, 6.07) is 13.1. The number of hydrogen-bond donors (Lipinski definition) is 1. The van der Waals surface area contributed by atoms with Crippen LogP contribution in [0.4, 0.5) is 5.69 Å². The summed E-state index contributed by atoms with van der Waals surface area (Å²) in [6.07, 6.45) is 1.72. The SMILES string of the molecule is COc1ccc(Oc2nccc3c(Br)cccc23)cc1N. The van der Waals surface area contributed by atoms with E-state index in [1.165, 1.54) is 0 Å². The Morgan fingerprint density at radius 2 is 1.95 bits per heavy atom. The minimum atomic E-state index is 0.524. The molecule has 2 aromatic carbocycles. The summed E-state index contributed by atoms with van der Waals surface area (Å²) in [7, 11) is 1.58. The Hall–Kier alpha value is -2.27. The molecule has 1 aromatic heterocycles. The summed E-state index contributed by atoms with van der Waals surface area (Å²) in [5, 5.41) is 1.98. The van der Waals surface area contributed by atoms with Crippen LogP contribution in [0.1, 0.15) is 0 Å². The molecule has 0 saturated heterocycles. The van der Waals surface area contributed by atoms with E-state index in [4.69, 9.17) is 15.2 Å². The second-order valence-electron chi connectivity index (χ2n) is 4.46. The maximum Gasteiger partial charge on any atom is 0.227 e. The van der Waals surface area contributed by atoms with Crippen LogP contribution in [-0.4, -0.2) is 12.1 Å². The van der Waals surface area contributed by atoms with E-state index in [2.05, 4.69) is 20.9 Å². The number of aromatic nitrogens is 1. The summed E-state index contributed by atoms with van der Waals surface area (Å²) >= 11 is 3.53. The molecular weight excluding hydrogens is 332 g/mol. The van der Waals surface area contributed by atoms with Crippen molar-refractivity contribution in [3.8, 4) is 17.4 Å². The van der Waals surface area contributed by atoms with Crippen LogP contribution in [0.25, 0.3) is 10.8 Å². The van der Waals surface area contributed by atoms with Gasteiger partial charge in [-0.3, -0.25) is 0 Å². The van der Waals surface area contributed by atoms with Gasteiger partial charge < -0.3 is 15.2 Å². The first kappa shape index (κ1) is 13.7. The molecule has 0 aliphatic carbocycles. The zero-order valence-electron chi connectivity index (χ0n) is 11.3. The first-order valence-corrected chi connectivity index (χ1v) is 7.13. The van der Waals surface area contributed by atoms with Crippen LogP contribution in [0.2, 0.25) is 0 Å². The molecule has 2 N–H and O–H groups in total. The predicted octanol–water partition coefficient (Wildman–Crippen LogP) is 4.38. The largest absolute Gasteiger partial charge is 0.495 e. The molecule has 5 heteroatoms. The van der Waals surface area contributed by atoms with Crippen molar-refractivity contribution in [2.45, 2.75) is 0 Å². The number of nitrogen functional groups attached to an aromatic ring is 1. The van der Waals surface area contributed by atoms with Gasteiger partial charge in [0.25, 0.3) is 0 Å². The fourth-order valence-electron chi connectivity index (χ4n) is 2.11. The van der Waals surface area contributed by atoms with Crippen molar-refractivity contribution < 1.29 is 9.47 Å². The van der Waals surface area contributed by atoms with E-state index in [1.807, 2.05) is 24.3 Å². The Kier molecular flexibility index (Phi) is 3.66. The zero-order chi connectivity index (χ0) is 14.8. The Labute approximate surface area is 130 Å². The molecule has 0 bridgehead atoms. The van der Waals surface area contributed by atoms with E-state index >= 15 is 0 Å². The fourth-order valence-corrected chi connectivity index (χ4v) is 2.61. The van der Waals surface area contributed by atoms with Gasteiger partial charge in [0.15, 0.2) is 0 Å². The molecular formula is C16H13BrN2O2. The maximum absolute atomic E-state index is 5.89. The van der Waals surface area contributed by atoms with Crippen molar-refractivity contribution in [1.82, 2.24) is 4.98 Å². The van der Waals surface area contributed by atoms with E-state index in [-0.39, 0.29) is 0 Å². The van der Waals surface area contributed by atoms with Gasteiger partial charge in [-0.05, 0) is 30.3 Å². The van der Waals surface area contributed by atoms with Crippen molar-refractivity contribution in [3.05, 3.63) is 53.1 Å². The Morgan fingerprint density at radius 1 is 1.10 bits per heavy atom. The van der Waals surface area contributed by atoms with E-state index in [9.17, 15) is 0 Å². The van der Waals surface area contributed by atoms with Gasteiger partial charge in [-0.25, -0.2) is 4.98 Å². The highest BCUT2D eigenvalue weighted by Gasteiger charge is 2.08. The average Bonchev–Trinajstić information content (AvgIpc) is 2.49. The molecule has 106 valence electrons. The number of pyridine rings is 1. The lowest BCUT2D eigenvalue weighted by Gasteiger charge is -2.10. The minimum Gasteiger partial charge on any atom is -0.495 e. The topological polar surface area (TPSA) is 57.4 Å². The molecule has 3 rings (SSSR count). The first-order chi connectivity index (χ1) is 10.2. The standard InChI is InChI=1S/C16H13BrN2O2/c1-20-15-6-5-10(9-14(15)18)21-16-12-3-2-4-13(17)11(12)7-8-19-16/h2-9H,18H2,1H3. The molecule has 21 heavy (non-hydrogen) atoms. The van der Waals surface area contributed by atoms with E-state index in [0.29, 0.717) is 23.1 Å². The highest BCUT2D eigenvalue weighted by molar-refractivity contribution is 9.10. The third-order valence-corrected chi connectivity index (χ3v) is 3.82. The zero-order valence-corrected chi connectivity index (χ0v) is 12.9. The van der Waals surface area contributed by atoms with Crippen LogP contribution >= 0.6 is 15.9 Å². The molecule has 0 aliphatic rings. The van der Waals surface area contributed by atoms with Gasteiger partial charge in [0.1, 0.15) is 11.5 Å². The third kappa shape index (κ3) is 2.64. The Bertz CT molecular complexity index is 805. The molecule has 3 aromatic rings. The number of methoxy groups -OCH3 is 1. The number of anilines is 1. The number of hydrogen-bond acceptors (Lipinski definition) is 4. The summed E-state index contributed by atoms with van der Waals surface area (Å²) < 4.78 is 12.0. The fraction of sp³-hybridized carbons (Fsp3) is 0.0625. The Morgan fingerprint density at radius 3 is 2.71 bits per heavy atom. The van der Waals surface area contributed by atoms with Gasteiger partial charge in [-0.2, -0.15) is 0 Å². The summed E-state index contributed by atoms with van der Waals surface area (Å²) in [6.45, 7) is 0. The predicted molar refractivity (Wildman–Crippen MR) is 86.9 cm³/mol. The lowest BCUT2D eigenvalue weighted by atomic mass is 10.2. The highest BCUT2D eigenvalue weighted by Crippen LogP contribution is 2.33. The molecule has 0 unspecified atom stereocenters. The number of ether oxygens (including phenoxy) is 2. The monoisotopic (exact) mass is 344 g/mol. The van der Waals surface area contributed by atoms with Gasteiger partial charge in [-0.1, -0.05) is 22.0 Å². The number of rotatable bonds is 3. The molecule has 0 radical (unpaired) electrons.